The molecule has 2 amide bonds. The van der Waals surface area contributed by atoms with E-state index >= 15 is 0 Å². The van der Waals surface area contributed by atoms with Crippen LogP contribution in [0.15, 0.2) is 0 Å². The van der Waals surface area contributed by atoms with E-state index in [0.717, 1.165) is 0 Å². The topological polar surface area (TPSA) is 93.4 Å². The number of amides is 2. The third kappa shape index (κ3) is 10.8. The van der Waals surface area contributed by atoms with Gasteiger partial charge in [-0.15, -0.1) is 0 Å². The maximum Gasteiger partial charge on any atom is 0.234 e. The van der Waals surface area contributed by atoms with Crippen LogP contribution in [0.25, 0.3) is 0 Å². The first kappa shape index (κ1) is 13.9. The lowest BCUT2D eigenvalue weighted by Gasteiger charge is -2.05. The van der Waals surface area contributed by atoms with Crippen LogP contribution in [-0.2, 0) is 14.3 Å². The number of primary amides is 1. The fraction of sp³-hybridized carbons (Fsp3) is 0.778. The third-order valence-electron chi connectivity index (χ3n) is 1.69. The minimum absolute atomic E-state index is 0.0777. The van der Waals surface area contributed by atoms with E-state index in [1.165, 1.54) is 0 Å². The van der Waals surface area contributed by atoms with Crippen molar-refractivity contribution in [2.24, 2.45) is 5.73 Å². The van der Waals surface area contributed by atoms with Gasteiger partial charge in [-0.2, -0.15) is 0 Å². The maximum atomic E-state index is 11.1. The fourth-order valence-corrected chi connectivity index (χ4v) is 0.945. The molecular formula is C9H19N3O3. The first-order valence-electron chi connectivity index (χ1n) is 4.91. The second-order valence-corrected chi connectivity index (χ2v) is 3.09. The Kier molecular flexibility index (Phi) is 8.70. The summed E-state index contributed by atoms with van der Waals surface area (Å²) in [5.74, 6) is -0.396. The van der Waals surface area contributed by atoms with Crippen molar-refractivity contribution in [3.8, 4) is 0 Å². The first-order valence-corrected chi connectivity index (χ1v) is 4.91. The van der Waals surface area contributed by atoms with Gasteiger partial charge in [-0.05, 0) is 13.0 Å². The molecule has 6 nitrogen and oxygen atoms in total. The number of nitrogens with two attached hydrogens (primary N) is 1. The molecule has 15 heavy (non-hydrogen) atoms. The van der Waals surface area contributed by atoms with E-state index in [1.807, 2.05) is 0 Å². The summed E-state index contributed by atoms with van der Waals surface area (Å²) in [4.78, 5) is 21.5. The van der Waals surface area contributed by atoms with Crippen LogP contribution in [0, 0.1) is 0 Å². The summed E-state index contributed by atoms with van der Waals surface area (Å²) < 4.78 is 4.78. The summed E-state index contributed by atoms with van der Waals surface area (Å²) in [7, 11) is 1.58. The molecule has 0 atom stereocenters. The second-order valence-electron chi connectivity index (χ2n) is 3.09. The molecule has 0 radical (unpaired) electrons. The van der Waals surface area contributed by atoms with Gasteiger partial charge in [0.1, 0.15) is 0 Å². The van der Waals surface area contributed by atoms with Crippen molar-refractivity contribution >= 4 is 11.8 Å². The number of carbonyl (C=O) groups is 2. The number of rotatable bonds is 9. The van der Waals surface area contributed by atoms with Gasteiger partial charge in [0.25, 0.3) is 0 Å². The molecule has 0 rings (SSSR count). The van der Waals surface area contributed by atoms with Crippen LogP contribution in [-0.4, -0.2) is 45.2 Å². The monoisotopic (exact) mass is 217 g/mol. The van der Waals surface area contributed by atoms with Gasteiger partial charge < -0.3 is 21.1 Å². The molecule has 0 spiro atoms. The molecule has 0 bridgehead atoms. The van der Waals surface area contributed by atoms with Gasteiger partial charge in [0, 0.05) is 20.1 Å². The zero-order valence-electron chi connectivity index (χ0n) is 9.04. The Balaban J connectivity index is 3.20. The Hall–Kier alpha value is -1.14. The molecule has 0 heterocycles. The summed E-state index contributed by atoms with van der Waals surface area (Å²) in [6.45, 7) is 1.88. The first-order chi connectivity index (χ1) is 7.16. The predicted octanol–water partition coefficient (Wildman–Crippen LogP) is -1.40. The molecule has 4 N–H and O–H groups in total. The quantitative estimate of drug-likeness (QED) is 0.414. The van der Waals surface area contributed by atoms with Crippen molar-refractivity contribution in [3.05, 3.63) is 0 Å². The van der Waals surface area contributed by atoms with Gasteiger partial charge in [0.05, 0.1) is 13.2 Å². The number of nitrogens with one attached hydrogen (secondary N) is 2. The summed E-state index contributed by atoms with van der Waals surface area (Å²) in [6.07, 6.45) is 0.999. The zero-order valence-corrected chi connectivity index (χ0v) is 9.04. The van der Waals surface area contributed by atoms with Crippen molar-refractivity contribution in [1.29, 1.82) is 0 Å². The van der Waals surface area contributed by atoms with Crippen molar-refractivity contribution < 1.29 is 14.3 Å². The van der Waals surface area contributed by atoms with Crippen LogP contribution in [0.3, 0.4) is 0 Å². The number of hydrogen-bond donors (Lipinski definition) is 3. The molecular weight excluding hydrogens is 198 g/mol. The van der Waals surface area contributed by atoms with E-state index in [0.29, 0.717) is 32.5 Å². The summed E-state index contributed by atoms with van der Waals surface area (Å²) >= 11 is 0. The van der Waals surface area contributed by atoms with Gasteiger partial charge >= 0.3 is 0 Å². The summed E-state index contributed by atoms with van der Waals surface area (Å²) in [5.41, 5.74) is 4.96. The van der Waals surface area contributed by atoms with E-state index in [-0.39, 0.29) is 18.4 Å². The molecule has 0 fully saturated rings. The Morgan fingerprint density at radius 3 is 2.67 bits per heavy atom. The van der Waals surface area contributed by atoms with E-state index < -0.39 is 0 Å². The molecule has 0 aliphatic rings. The largest absolute Gasteiger partial charge is 0.383 e. The predicted molar refractivity (Wildman–Crippen MR) is 56.2 cm³/mol. The molecule has 6 heteroatoms. The highest BCUT2D eigenvalue weighted by molar-refractivity contribution is 5.78. The lowest BCUT2D eigenvalue weighted by molar-refractivity contribution is -0.120. The van der Waals surface area contributed by atoms with Gasteiger partial charge in [0.2, 0.25) is 11.8 Å². The fourth-order valence-electron chi connectivity index (χ4n) is 0.945. The molecule has 0 unspecified atom stereocenters. The van der Waals surface area contributed by atoms with Gasteiger partial charge in [-0.1, -0.05) is 0 Å². The summed E-state index contributed by atoms with van der Waals surface area (Å²) in [6, 6.07) is 0. The van der Waals surface area contributed by atoms with Crippen LogP contribution in [0.2, 0.25) is 0 Å². The smallest absolute Gasteiger partial charge is 0.234 e. The van der Waals surface area contributed by atoms with Gasteiger partial charge in [-0.3, -0.25) is 9.59 Å². The molecule has 0 aromatic heterocycles. The number of ether oxygens (including phenoxy) is 1. The highest BCUT2D eigenvalue weighted by Gasteiger charge is 1.99. The van der Waals surface area contributed by atoms with Crippen LogP contribution in [0.5, 0.6) is 0 Å². The third-order valence-corrected chi connectivity index (χ3v) is 1.69. The molecule has 0 saturated heterocycles. The summed E-state index contributed by atoms with van der Waals surface area (Å²) in [5, 5.41) is 5.57. The van der Waals surface area contributed by atoms with Crippen LogP contribution in [0.4, 0.5) is 0 Å². The molecule has 0 aliphatic carbocycles. The van der Waals surface area contributed by atoms with Gasteiger partial charge in [-0.25, -0.2) is 0 Å². The molecule has 0 saturated carbocycles. The number of hydrogen-bond acceptors (Lipinski definition) is 4. The highest BCUT2D eigenvalue weighted by Crippen LogP contribution is 1.83. The SMILES string of the molecule is COCCNC(=O)CNCCCC(N)=O. The molecule has 88 valence electrons. The minimum atomic E-state index is -0.318. The van der Waals surface area contributed by atoms with Crippen molar-refractivity contribution in [1.82, 2.24) is 10.6 Å². The second kappa shape index (κ2) is 9.42. The maximum absolute atomic E-state index is 11.1. The molecule has 0 aromatic carbocycles. The van der Waals surface area contributed by atoms with Gasteiger partial charge in [0.15, 0.2) is 0 Å². The average Bonchev–Trinajstić information content (AvgIpc) is 2.17. The van der Waals surface area contributed by atoms with E-state index in [9.17, 15) is 9.59 Å². The highest BCUT2D eigenvalue weighted by atomic mass is 16.5. The standard InChI is InChI=1S/C9H19N3O3/c1-15-6-5-12-9(14)7-11-4-2-3-8(10)13/h11H,2-7H2,1H3,(H2,10,13)(H,12,14). The number of methoxy groups -OCH3 is 1. The van der Waals surface area contributed by atoms with Crippen molar-refractivity contribution in [3.63, 3.8) is 0 Å². The van der Waals surface area contributed by atoms with E-state index in [2.05, 4.69) is 10.6 Å². The Morgan fingerprint density at radius 2 is 2.07 bits per heavy atom. The van der Waals surface area contributed by atoms with E-state index in [4.69, 9.17) is 10.5 Å². The minimum Gasteiger partial charge on any atom is -0.383 e. The van der Waals surface area contributed by atoms with Crippen LogP contribution >= 0.6 is 0 Å². The zero-order chi connectivity index (χ0) is 11.5. The van der Waals surface area contributed by atoms with Crippen molar-refractivity contribution in [2.75, 3.05) is 33.4 Å². The van der Waals surface area contributed by atoms with Crippen LogP contribution < -0.4 is 16.4 Å². The number of carbonyl (C=O) groups excluding carboxylic acids is 2. The van der Waals surface area contributed by atoms with Crippen LogP contribution in [0.1, 0.15) is 12.8 Å². The Labute approximate surface area is 89.5 Å². The van der Waals surface area contributed by atoms with E-state index in [1.54, 1.807) is 7.11 Å². The Bertz CT molecular complexity index is 197. The average molecular weight is 217 g/mol. The normalized spacial score (nSPS) is 9.93. The van der Waals surface area contributed by atoms with Crippen molar-refractivity contribution in [2.45, 2.75) is 12.8 Å². The Morgan fingerprint density at radius 1 is 1.33 bits per heavy atom. The lowest BCUT2D eigenvalue weighted by Crippen LogP contribution is -2.36. The molecule has 0 aliphatic heterocycles. The molecule has 0 aromatic rings. The lowest BCUT2D eigenvalue weighted by atomic mass is 10.3.